The van der Waals surface area contributed by atoms with Crippen molar-refractivity contribution < 1.29 is 9.59 Å². The fraction of sp³-hybridized carbons (Fsp3) is 0.0667. The second-order valence-corrected chi connectivity index (χ2v) is 4.42. The monoisotopic (exact) mass is 252 g/mol. The van der Waals surface area contributed by atoms with Crippen molar-refractivity contribution in [3.63, 3.8) is 0 Å². The molecule has 0 fully saturated rings. The van der Waals surface area contributed by atoms with Crippen LogP contribution in [0.1, 0.15) is 20.7 Å². The van der Waals surface area contributed by atoms with Crippen LogP contribution in [-0.4, -0.2) is 18.9 Å². The molecule has 0 atom stereocenters. The fourth-order valence-corrected chi connectivity index (χ4v) is 2.16. The number of rotatable bonds is 0. The number of anilines is 2. The number of hydrogen-bond donors (Lipinski definition) is 1. The molecule has 19 heavy (non-hydrogen) atoms. The lowest BCUT2D eigenvalue weighted by molar-refractivity contribution is 0.0992. The largest absolute Gasteiger partial charge is 0.320 e. The van der Waals surface area contributed by atoms with E-state index in [1.807, 2.05) is 12.1 Å². The third-order valence-corrected chi connectivity index (χ3v) is 3.19. The molecule has 1 aliphatic heterocycles. The standard InChI is InChI=1S/C15H12N2O2/c1-17-13-8-3-2-7-12(13)16-14(18)10-5-4-6-11(9-10)15(17)19/h2-9H,1H3,(H,16,18). The van der Waals surface area contributed by atoms with E-state index in [1.54, 1.807) is 48.3 Å². The van der Waals surface area contributed by atoms with E-state index in [4.69, 9.17) is 0 Å². The average molecular weight is 252 g/mol. The molecule has 0 saturated carbocycles. The highest BCUT2D eigenvalue weighted by Gasteiger charge is 2.21. The van der Waals surface area contributed by atoms with Crippen LogP contribution in [0.2, 0.25) is 0 Å². The number of hydrogen-bond acceptors (Lipinski definition) is 2. The van der Waals surface area contributed by atoms with Crippen LogP contribution in [0.5, 0.6) is 0 Å². The molecule has 0 aliphatic carbocycles. The average Bonchev–Trinajstić information content (AvgIpc) is 2.47. The maximum absolute atomic E-state index is 12.4. The minimum absolute atomic E-state index is 0.134. The molecule has 2 aromatic carbocycles. The maximum atomic E-state index is 12.4. The fourth-order valence-electron chi connectivity index (χ4n) is 2.16. The van der Waals surface area contributed by atoms with Crippen LogP contribution in [0.3, 0.4) is 0 Å². The van der Waals surface area contributed by atoms with Gasteiger partial charge < -0.3 is 10.2 Å². The first-order valence-electron chi connectivity index (χ1n) is 5.95. The number of fused-ring (bicyclic) bond motifs is 3. The SMILES string of the molecule is CN1C(=O)c2cccc(c2)C(=O)Nc2ccccc21. The molecule has 3 rings (SSSR count). The van der Waals surface area contributed by atoms with Crippen molar-refractivity contribution >= 4 is 23.2 Å². The normalized spacial score (nSPS) is 14.1. The van der Waals surface area contributed by atoms with Gasteiger partial charge in [0, 0.05) is 18.2 Å². The van der Waals surface area contributed by atoms with E-state index < -0.39 is 0 Å². The molecule has 2 amide bonds. The van der Waals surface area contributed by atoms with Crippen LogP contribution >= 0.6 is 0 Å². The predicted molar refractivity (Wildman–Crippen MR) is 73.6 cm³/mol. The highest BCUT2D eigenvalue weighted by molar-refractivity contribution is 6.13. The Balaban J connectivity index is 2.23. The molecule has 4 heteroatoms. The maximum Gasteiger partial charge on any atom is 0.258 e. The van der Waals surface area contributed by atoms with Gasteiger partial charge in [0.1, 0.15) is 0 Å². The quantitative estimate of drug-likeness (QED) is 0.783. The summed E-state index contributed by atoms with van der Waals surface area (Å²) < 4.78 is 0. The molecular weight excluding hydrogens is 240 g/mol. The molecule has 0 radical (unpaired) electrons. The lowest BCUT2D eigenvalue weighted by atomic mass is 10.1. The van der Waals surface area contributed by atoms with E-state index in [0.29, 0.717) is 22.5 Å². The van der Waals surface area contributed by atoms with Crippen molar-refractivity contribution in [2.24, 2.45) is 0 Å². The van der Waals surface area contributed by atoms with Crippen LogP contribution in [-0.2, 0) is 0 Å². The third kappa shape index (κ3) is 1.87. The van der Waals surface area contributed by atoms with Crippen LogP contribution in [0.25, 0.3) is 0 Å². The summed E-state index contributed by atoms with van der Waals surface area (Å²) in [5.41, 5.74) is 2.30. The van der Waals surface area contributed by atoms with Gasteiger partial charge in [0.05, 0.1) is 11.4 Å². The lowest BCUT2D eigenvalue weighted by Gasteiger charge is -2.19. The van der Waals surface area contributed by atoms with Gasteiger partial charge in [-0.3, -0.25) is 9.59 Å². The Hall–Kier alpha value is -2.62. The number of nitrogens with zero attached hydrogens (tertiary/aromatic N) is 1. The van der Waals surface area contributed by atoms with Gasteiger partial charge in [-0.15, -0.1) is 0 Å². The van der Waals surface area contributed by atoms with Gasteiger partial charge in [-0.25, -0.2) is 0 Å². The van der Waals surface area contributed by atoms with Crippen LogP contribution < -0.4 is 10.2 Å². The van der Waals surface area contributed by atoms with Gasteiger partial charge in [0.25, 0.3) is 11.8 Å². The van der Waals surface area contributed by atoms with E-state index in [-0.39, 0.29) is 11.8 Å². The zero-order valence-electron chi connectivity index (χ0n) is 10.4. The molecule has 0 unspecified atom stereocenters. The molecule has 1 aliphatic rings. The Bertz CT molecular complexity index is 679. The third-order valence-electron chi connectivity index (χ3n) is 3.19. The zero-order chi connectivity index (χ0) is 13.4. The second-order valence-electron chi connectivity index (χ2n) is 4.42. The summed E-state index contributed by atoms with van der Waals surface area (Å²) in [7, 11) is 1.70. The Labute approximate surface area is 110 Å². The van der Waals surface area contributed by atoms with Crippen LogP contribution in [0, 0.1) is 0 Å². The Morgan fingerprint density at radius 3 is 2.53 bits per heavy atom. The van der Waals surface area contributed by atoms with Crippen molar-refractivity contribution in [3.05, 3.63) is 59.7 Å². The van der Waals surface area contributed by atoms with Crippen molar-refractivity contribution in [1.29, 1.82) is 0 Å². The summed E-state index contributed by atoms with van der Waals surface area (Å²) >= 11 is 0. The smallest absolute Gasteiger partial charge is 0.258 e. The molecular formula is C15H12N2O2. The van der Waals surface area contributed by atoms with E-state index in [0.717, 1.165) is 0 Å². The number of nitrogens with one attached hydrogen (secondary N) is 1. The summed E-state index contributed by atoms with van der Waals surface area (Å²) in [6, 6.07) is 14.0. The minimum Gasteiger partial charge on any atom is -0.320 e. The molecule has 4 nitrogen and oxygen atoms in total. The number of amides is 2. The molecule has 2 bridgehead atoms. The summed E-state index contributed by atoms with van der Waals surface area (Å²) in [5, 5.41) is 2.83. The number of carbonyl (C=O) groups excluding carboxylic acids is 2. The molecule has 2 aromatic rings. The first kappa shape index (κ1) is 11.5. The minimum atomic E-state index is -0.211. The number of para-hydroxylation sites is 2. The topological polar surface area (TPSA) is 49.4 Å². The van der Waals surface area contributed by atoms with Gasteiger partial charge in [-0.05, 0) is 30.3 Å². The van der Waals surface area contributed by atoms with E-state index in [1.165, 1.54) is 0 Å². The zero-order valence-corrected chi connectivity index (χ0v) is 10.4. The number of benzene rings is 2. The Morgan fingerprint density at radius 2 is 1.68 bits per heavy atom. The summed E-state index contributed by atoms with van der Waals surface area (Å²) in [4.78, 5) is 26.0. The van der Waals surface area contributed by atoms with Gasteiger partial charge in [0.2, 0.25) is 0 Å². The van der Waals surface area contributed by atoms with E-state index in [2.05, 4.69) is 5.32 Å². The Kier molecular flexibility index (Phi) is 2.56. The lowest BCUT2D eigenvalue weighted by Crippen LogP contribution is -2.26. The molecule has 0 aromatic heterocycles. The van der Waals surface area contributed by atoms with Crippen molar-refractivity contribution in [1.82, 2.24) is 0 Å². The molecule has 1 heterocycles. The van der Waals surface area contributed by atoms with E-state index >= 15 is 0 Å². The molecule has 0 saturated heterocycles. The van der Waals surface area contributed by atoms with E-state index in [9.17, 15) is 9.59 Å². The molecule has 94 valence electrons. The van der Waals surface area contributed by atoms with Gasteiger partial charge in [0.15, 0.2) is 0 Å². The van der Waals surface area contributed by atoms with Crippen molar-refractivity contribution in [2.75, 3.05) is 17.3 Å². The highest BCUT2D eigenvalue weighted by atomic mass is 16.2. The highest BCUT2D eigenvalue weighted by Crippen LogP contribution is 2.28. The first-order chi connectivity index (χ1) is 9.16. The first-order valence-corrected chi connectivity index (χ1v) is 5.95. The summed E-state index contributed by atoms with van der Waals surface area (Å²) in [5.74, 6) is -0.344. The predicted octanol–water partition coefficient (Wildman–Crippen LogP) is 2.53. The van der Waals surface area contributed by atoms with Crippen LogP contribution in [0.4, 0.5) is 11.4 Å². The van der Waals surface area contributed by atoms with Crippen molar-refractivity contribution in [3.8, 4) is 0 Å². The Morgan fingerprint density at radius 1 is 0.947 bits per heavy atom. The van der Waals surface area contributed by atoms with Gasteiger partial charge >= 0.3 is 0 Å². The second kappa shape index (κ2) is 4.24. The molecule has 1 N–H and O–H groups in total. The molecule has 0 spiro atoms. The van der Waals surface area contributed by atoms with Gasteiger partial charge in [-0.2, -0.15) is 0 Å². The number of carbonyl (C=O) groups is 2. The summed E-state index contributed by atoms with van der Waals surface area (Å²) in [6.45, 7) is 0. The van der Waals surface area contributed by atoms with Gasteiger partial charge in [-0.1, -0.05) is 18.2 Å². The van der Waals surface area contributed by atoms with Crippen LogP contribution in [0.15, 0.2) is 48.5 Å². The van der Waals surface area contributed by atoms with Crippen molar-refractivity contribution in [2.45, 2.75) is 0 Å². The summed E-state index contributed by atoms with van der Waals surface area (Å²) in [6.07, 6.45) is 0.